The third-order valence-corrected chi connectivity index (χ3v) is 3.85. The maximum atomic E-state index is 11.1. The highest BCUT2D eigenvalue weighted by molar-refractivity contribution is 7.90. The van der Waals surface area contributed by atoms with E-state index < -0.39 is 9.84 Å². The molecule has 0 saturated carbocycles. The van der Waals surface area contributed by atoms with Crippen LogP contribution in [0.5, 0.6) is 0 Å². The summed E-state index contributed by atoms with van der Waals surface area (Å²) in [5, 5.41) is 3.26. The SMILES string of the molecule is COCCNCc1cnc(C)n1CCCS(C)(=O)=O. The number of aromatic nitrogens is 2. The largest absolute Gasteiger partial charge is 0.383 e. The van der Waals surface area contributed by atoms with Gasteiger partial charge in [0.2, 0.25) is 0 Å². The first-order valence-electron chi connectivity index (χ1n) is 6.32. The van der Waals surface area contributed by atoms with E-state index in [4.69, 9.17) is 4.74 Å². The Morgan fingerprint density at radius 2 is 2.21 bits per heavy atom. The van der Waals surface area contributed by atoms with Gasteiger partial charge in [-0.3, -0.25) is 0 Å². The summed E-state index contributed by atoms with van der Waals surface area (Å²) in [5.74, 6) is 1.12. The summed E-state index contributed by atoms with van der Waals surface area (Å²) in [6.45, 7) is 4.77. The van der Waals surface area contributed by atoms with Crippen molar-refractivity contribution in [2.45, 2.75) is 26.4 Å². The van der Waals surface area contributed by atoms with Gasteiger partial charge < -0.3 is 14.6 Å². The molecule has 0 unspecified atom stereocenters. The van der Waals surface area contributed by atoms with Crippen molar-refractivity contribution < 1.29 is 13.2 Å². The number of imidazole rings is 1. The highest BCUT2D eigenvalue weighted by atomic mass is 32.2. The van der Waals surface area contributed by atoms with Crippen LogP contribution in [0.1, 0.15) is 17.9 Å². The topological polar surface area (TPSA) is 73.2 Å². The average Bonchev–Trinajstić information content (AvgIpc) is 2.65. The Morgan fingerprint density at radius 3 is 2.84 bits per heavy atom. The van der Waals surface area contributed by atoms with Crippen molar-refractivity contribution in [3.05, 3.63) is 17.7 Å². The fourth-order valence-electron chi connectivity index (χ4n) is 1.84. The van der Waals surface area contributed by atoms with Gasteiger partial charge in [0.1, 0.15) is 15.7 Å². The van der Waals surface area contributed by atoms with Gasteiger partial charge in [-0.05, 0) is 13.3 Å². The molecule has 6 nitrogen and oxygen atoms in total. The van der Waals surface area contributed by atoms with Gasteiger partial charge in [-0.1, -0.05) is 0 Å². The van der Waals surface area contributed by atoms with Crippen LogP contribution in [0.25, 0.3) is 0 Å². The molecule has 1 heterocycles. The van der Waals surface area contributed by atoms with Crippen molar-refractivity contribution in [1.29, 1.82) is 0 Å². The predicted octanol–water partition coefficient (Wildman–Crippen LogP) is 0.362. The third-order valence-electron chi connectivity index (χ3n) is 2.82. The summed E-state index contributed by atoms with van der Waals surface area (Å²) in [7, 11) is -1.23. The van der Waals surface area contributed by atoms with Crippen molar-refractivity contribution in [2.24, 2.45) is 0 Å². The molecular formula is C12H23N3O3S. The van der Waals surface area contributed by atoms with Crippen LogP contribution >= 0.6 is 0 Å². The van der Waals surface area contributed by atoms with E-state index >= 15 is 0 Å². The van der Waals surface area contributed by atoms with E-state index in [2.05, 4.69) is 14.9 Å². The fourth-order valence-corrected chi connectivity index (χ4v) is 2.49. The van der Waals surface area contributed by atoms with E-state index in [9.17, 15) is 8.42 Å². The Hall–Kier alpha value is -0.920. The minimum Gasteiger partial charge on any atom is -0.383 e. The zero-order chi connectivity index (χ0) is 14.3. The van der Waals surface area contributed by atoms with E-state index in [-0.39, 0.29) is 5.75 Å². The van der Waals surface area contributed by atoms with Crippen LogP contribution < -0.4 is 5.32 Å². The molecule has 1 N–H and O–H groups in total. The van der Waals surface area contributed by atoms with Crippen LogP contribution in [0.3, 0.4) is 0 Å². The van der Waals surface area contributed by atoms with Crippen LogP contribution in [0.15, 0.2) is 6.20 Å². The fraction of sp³-hybridized carbons (Fsp3) is 0.750. The predicted molar refractivity (Wildman–Crippen MR) is 74.9 cm³/mol. The summed E-state index contributed by atoms with van der Waals surface area (Å²) in [6, 6.07) is 0. The molecule has 0 aliphatic heterocycles. The van der Waals surface area contributed by atoms with Gasteiger partial charge in [-0.2, -0.15) is 0 Å². The lowest BCUT2D eigenvalue weighted by atomic mass is 10.4. The smallest absolute Gasteiger partial charge is 0.147 e. The second-order valence-electron chi connectivity index (χ2n) is 4.60. The molecule has 0 atom stereocenters. The first-order valence-corrected chi connectivity index (χ1v) is 8.38. The number of aryl methyl sites for hydroxylation is 1. The van der Waals surface area contributed by atoms with Gasteiger partial charge in [0, 0.05) is 39.2 Å². The maximum absolute atomic E-state index is 11.1. The number of methoxy groups -OCH3 is 1. The molecule has 19 heavy (non-hydrogen) atoms. The molecule has 0 fully saturated rings. The molecule has 0 aliphatic rings. The number of nitrogens with zero attached hydrogens (tertiary/aromatic N) is 2. The second-order valence-corrected chi connectivity index (χ2v) is 6.86. The minimum atomic E-state index is -2.89. The van der Waals surface area contributed by atoms with Crippen molar-refractivity contribution in [3.63, 3.8) is 0 Å². The zero-order valence-corrected chi connectivity index (χ0v) is 12.7. The van der Waals surface area contributed by atoms with Gasteiger partial charge >= 0.3 is 0 Å². The summed E-state index contributed by atoms with van der Waals surface area (Å²) >= 11 is 0. The Balaban J connectivity index is 2.49. The van der Waals surface area contributed by atoms with Crippen LogP contribution in [-0.2, 0) is 27.7 Å². The zero-order valence-electron chi connectivity index (χ0n) is 11.8. The highest BCUT2D eigenvalue weighted by Gasteiger charge is 2.08. The molecule has 0 saturated heterocycles. The normalized spacial score (nSPS) is 11.9. The molecule has 7 heteroatoms. The molecule has 1 rings (SSSR count). The minimum absolute atomic E-state index is 0.209. The average molecular weight is 289 g/mol. The lowest BCUT2D eigenvalue weighted by molar-refractivity contribution is 0.199. The van der Waals surface area contributed by atoms with Gasteiger partial charge in [0.25, 0.3) is 0 Å². The molecule has 110 valence electrons. The maximum Gasteiger partial charge on any atom is 0.147 e. The Morgan fingerprint density at radius 1 is 1.47 bits per heavy atom. The molecule has 0 aromatic carbocycles. The van der Waals surface area contributed by atoms with Gasteiger partial charge in [-0.25, -0.2) is 13.4 Å². The Kier molecular flexibility index (Phi) is 6.47. The van der Waals surface area contributed by atoms with E-state index in [1.54, 1.807) is 7.11 Å². The molecule has 1 aromatic rings. The van der Waals surface area contributed by atoms with E-state index in [0.717, 1.165) is 18.1 Å². The second kappa shape index (κ2) is 7.62. The summed E-state index contributed by atoms with van der Waals surface area (Å²) < 4.78 is 29.3. The molecule has 0 aliphatic carbocycles. The number of hydrogen-bond donors (Lipinski definition) is 1. The van der Waals surface area contributed by atoms with Crippen molar-refractivity contribution in [1.82, 2.24) is 14.9 Å². The van der Waals surface area contributed by atoms with E-state index in [0.29, 0.717) is 26.1 Å². The first-order chi connectivity index (χ1) is 8.94. The number of nitrogens with one attached hydrogen (secondary N) is 1. The van der Waals surface area contributed by atoms with E-state index in [1.807, 2.05) is 13.1 Å². The van der Waals surface area contributed by atoms with Gasteiger partial charge in [-0.15, -0.1) is 0 Å². The number of sulfone groups is 1. The molecule has 0 amide bonds. The van der Waals surface area contributed by atoms with Crippen LogP contribution in [0.4, 0.5) is 0 Å². The number of ether oxygens (including phenoxy) is 1. The lowest BCUT2D eigenvalue weighted by Gasteiger charge is -2.10. The monoisotopic (exact) mass is 289 g/mol. The number of hydrogen-bond acceptors (Lipinski definition) is 5. The first kappa shape index (κ1) is 16.1. The van der Waals surface area contributed by atoms with Crippen LogP contribution in [0, 0.1) is 6.92 Å². The quantitative estimate of drug-likeness (QED) is 0.665. The standard InChI is InChI=1S/C12H23N3O3S/c1-11-14-10-12(9-13-5-7-18-2)15(11)6-4-8-19(3,16)17/h10,13H,4-9H2,1-3H3. The van der Waals surface area contributed by atoms with E-state index in [1.165, 1.54) is 6.26 Å². The summed E-state index contributed by atoms with van der Waals surface area (Å²) in [6.07, 6.45) is 3.71. The van der Waals surface area contributed by atoms with Crippen LogP contribution in [-0.4, -0.2) is 50.2 Å². The molecule has 0 spiro atoms. The number of rotatable bonds is 9. The van der Waals surface area contributed by atoms with Gasteiger partial charge in [0.05, 0.1) is 18.1 Å². The molecule has 0 radical (unpaired) electrons. The Bertz CT molecular complexity index is 482. The summed E-state index contributed by atoms with van der Waals surface area (Å²) in [4.78, 5) is 4.27. The third kappa shape index (κ3) is 6.17. The van der Waals surface area contributed by atoms with Crippen LogP contribution in [0.2, 0.25) is 0 Å². The molecular weight excluding hydrogens is 266 g/mol. The molecule has 0 bridgehead atoms. The molecule has 1 aromatic heterocycles. The Labute approximate surface area is 115 Å². The lowest BCUT2D eigenvalue weighted by Crippen LogP contribution is -2.21. The highest BCUT2D eigenvalue weighted by Crippen LogP contribution is 2.06. The van der Waals surface area contributed by atoms with Crippen molar-refractivity contribution >= 4 is 9.84 Å². The van der Waals surface area contributed by atoms with Gasteiger partial charge in [0.15, 0.2) is 0 Å². The summed E-state index contributed by atoms with van der Waals surface area (Å²) in [5.41, 5.74) is 1.07. The van der Waals surface area contributed by atoms with Crippen molar-refractivity contribution in [2.75, 3.05) is 32.3 Å². The van der Waals surface area contributed by atoms with Crippen molar-refractivity contribution in [3.8, 4) is 0 Å².